The summed E-state index contributed by atoms with van der Waals surface area (Å²) in [5.41, 5.74) is 0.500. The number of alkyl halides is 2. The molecule has 2 aromatic heterocycles. The lowest BCUT2D eigenvalue weighted by atomic mass is 10.2. The standard InChI is InChI=1S/C12H9ClF2N4O2S/c13-7-1-2-9-10(3-7)16-5-11(9)22(20,21)18-8-4-17-19(6-8)12(14)15/h1-6,12,16,18H. The van der Waals surface area contributed by atoms with E-state index < -0.39 is 16.6 Å². The minimum Gasteiger partial charge on any atom is -0.360 e. The van der Waals surface area contributed by atoms with E-state index in [1.54, 1.807) is 18.2 Å². The lowest BCUT2D eigenvalue weighted by Gasteiger charge is -2.04. The quantitative estimate of drug-likeness (QED) is 0.761. The predicted octanol–water partition coefficient (Wildman–Crippen LogP) is 3.21. The van der Waals surface area contributed by atoms with Gasteiger partial charge in [-0.25, -0.2) is 13.1 Å². The Hall–Kier alpha value is -2.13. The zero-order valence-corrected chi connectivity index (χ0v) is 12.4. The number of aromatic nitrogens is 3. The molecular formula is C12H9ClF2N4O2S. The Kier molecular flexibility index (Phi) is 3.53. The Labute approximate surface area is 128 Å². The number of hydrogen-bond acceptors (Lipinski definition) is 3. The molecule has 0 radical (unpaired) electrons. The molecule has 22 heavy (non-hydrogen) atoms. The van der Waals surface area contributed by atoms with Crippen molar-refractivity contribution in [2.45, 2.75) is 11.4 Å². The fraction of sp³-hybridized carbons (Fsp3) is 0.0833. The van der Waals surface area contributed by atoms with Crippen LogP contribution in [0.25, 0.3) is 10.9 Å². The van der Waals surface area contributed by atoms with Gasteiger partial charge in [0.15, 0.2) is 0 Å². The third-order valence-electron chi connectivity index (χ3n) is 2.95. The molecule has 0 saturated heterocycles. The van der Waals surface area contributed by atoms with Gasteiger partial charge in [-0.1, -0.05) is 11.6 Å². The topological polar surface area (TPSA) is 79.8 Å². The van der Waals surface area contributed by atoms with Gasteiger partial charge in [0, 0.05) is 22.1 Å². The molecule has 0 saturated carbocycles. The van der Waals surface area contributed by atoms with Crippen LogP contribution in [0.2, 0.25) is 5.02 Å². The minimum atomic E-state index is -3.94. The van der Waals surface area contributed by atoms with E-state index in [9.17, 15) is 17.2 Å². The number of nitrogens with one attached hydrogen (secondary N) is 2. The molecule has 2 heterocycles. The SMILES string of the molecule is O=S(=O)(Nc1cnn(C(F)F)c1)c1c[nH]c2cc(Cl)ccc12. The Morgan fingerprint density at radius 2 is 2.14 bits per heavy atom. The maximum absolute atomic E-state index is 12.4. The van der Waals surface area contributed by atoms with Crippen molar-refractivity contribution in [2.75, 3.05) is 4.72 Å². The van der Waals surface area contributed by atoms with E-state index in [1.165, 1.54) is 6.20 Å². The van der Waals surface area contributed by atoms with Gasteiger partial charge in [0.2, 0.25) is 0 Å². The van der Waals surface area contributed by atoms with Crippen LogP contribution < -0.4 is 4.72 Å². The fourth-order valence-electron chi connectivity index (χ4n) is 2.00. The van der Waals surface area contributed by atoms with Gasteiger partial charge in [-0.2, -0.15) is 13.9 Å². The van der Waals surface area contributed by atoms with Gasteiger partial charge in [0.1, 0.15) is 4.90 Å². The first-order chi connectivity index (χ1) is 10.4. The second-order valence-corrected chi connectivity index (χ2v) is 6.52. The molecule has 1 aromatic carbocycles. The average molecular weight is 347 g/mol. The number of nitrogens with zero attached hydrogens (tertiary/aromatic N) is 2. The van der Waals surface area contributed by atoms with Crippen LogP contribution in [-0.2, 0) is 10.0 Å². The monoisotopic (exact) mass is 346 g/mol. The maximum atomic E-state index is 12.4. The average Bonchev–Trinajstić information content (AvgIpc) is 3.04. The molecule has 0 fully saturated rings. The molecule has 0 bridgehead atoms. The van der Waals surface area contributed by atoms with E-state index in [0.29, 0.717) is 20.6 Å². The van der Waals surface area contributed by atoms with Crippen molar-refractivity contribution in [3.63, 3.8) is 0 Å². The van der Waals surface area contributed by atoms with Crippen molar-refractivity contribution in [1.29, 1.82) is 0 Å². The van der Waals surface area contributed by atoms with E-state index in [0.717, 1.165) is 12.4 Å². The molecule has 0 aliphatic carbocycles. The molecule has 3 rings (SSSR count). The van der Waals surface area contributed by atoms with E-state index in [-0.39, 0.29) is 10.6 Å². The van der Waals surface area contributed by atoms with Gasteiger partial charge in [-0.3, -0.25) is 4.72 Å². The third-order valence-corrected chi connectivity index (χ3v) is 4.61. The minimum absolute atomic E-state index is 0.0102. The first-order valence-electron chi connectivity index (χ1n) is 5.98. The third kappa shape index (κ3) is 2.64. The van der Waals surface area contributed by atoms with Crippen LogP contribution >= 0.6 is 11.6 Å². The molecule has 0 aliphatic rings. The second kappa shape index (κ2) is 5.25. The zero-order chi connectivity index (χ0) is 15.9. The highest BCUT2D eigenvalue weighted by Crippen LogP contribution is 2.27. The number of fused-ring (bicyclic) bond motifs is 1. The van der Waals surface area contributed by atoms with Gasteiger partial charge in [0.05, 0.1) is 18.1 Å². The number of halogens is 3. The molecule has 0 spiro atoms. The molecule has 0 atom stereocenters. The van der Waals surface area contributed by atoms with Crippen molar-refractivity contribution >= 4 is 38.2 Å². The highest BCUT2D eigenvalue weighted by molar-refractivity contribution is 7.93. The van der Waals surface area contributed by atoms with Crippen LogP contribution in [0.15, 0.2) is 41.7 Å². The van der Waals surface area contributed by atoms with Crippen molar-refractivity contribution in [3.05, 3.63) is 41.8 Å². The first kappa shape index (κ1) is 14.8. The number of benzene rings is 1. The molecule has 2 N–H and O–H groups in total. The molecule has 3 aromatic rings. The highest BCUT2D eigenvalue weighted by atomic mass is 35.5. The van der Waals surface area contributed by atoms with Gasteiger partial charge >= 0.3 is 6.55 Å². The lowest BCUT2D eigenvalue weighted by Crippen LogP contribution is -2.12. The van der Waals surface area contributed by atoms with Gasteiger partial charge in [-0.15, -0.1) is 0 Å². The number of sulfonamides is 1. The first-order valence-corrected chi connectivity index (χ1v) is 7.85. The van der Waals surface area contributed by atoms with Crippen LogP contribution in [0.5, 0.6) is 0 Å². The second-order valence-electron chi connectivity index (χ2n) is 4.44. The van der Waals surface area contributed by atoms with E-state index in [1.807, 2.05) is 0 Å². The largest absolute Gasteiger partial charge is 0.360 e. The Morgan fingerprint density at radius 3 is 2.82 bits per heavy atom. The van der Waals surface area contributed by atoms with E-state index in [4.69, 9.17) is 11.6 Å². The van der Waals surface area contributed by atoms with Crippen molar-refractivity contribution in [1.82, 2.24) is 14.8 Å². The van der Waals surface area contributed by atoms with Gasteiger partial charge < -0.3 is 4.98 Å². The number of anilines is 1. The van der Waals surface area contributed by atoms with Gasteiger partial charge in [-0.05, 0) is 18.2 Å². The normalized spacial score (nSPS) is 12.2. The Bertz CT molecular complexity index is 936. The maximum Gasteiger partial charge on any atom is 0.333 e. The van der Waals surface area contributed by atoms with Crippen LogP contribution in [0, 0.1) is 0 Å². The molecule has 0 aliphatic heterocycles. The Morgan fingerprint density at radius 1 is 1.36 bits per heavy atom. The van der Waals surface area contributed by atoms with Crippen molar-refractivity contribution in [2.24, 2.45) is 0 Å². The summed E-state index contributed by atoms with van der Waals surface area (Å²) in [5, 5.41) is 4.27. The lowest BCUT2D eigenvalue weighted by molar-refractivity contribution is 0.0566. The van der Waals surface area contributed by atoms with Crippen LogP contribution in [-0.4, -0.2) is 23.2 Å². The van der Waals surface area contributed by atoms with Crippen LogP contribution in [0.4, 0.5) is 14.5 Å². The number of H-pyrrole nitrogens is 1. The predicted molar refractivity (Wildman–Crippen MR) is 77.6 cm³/mol. The summed E-state index contributed by atoms with van der Waals surface area (Å²) < 4.78 is 52.1. The summed E-state index contributed by atoms with van der Waals surface area (Å²) in [7, 11) is -3.94. The summed E-state index contributed by atoms with van der Waals surface area (Å²) in [6.07, 6.45) is 3.23. The van der Waals surface area contributed by atoms with Crippen molar-refractivity contribution < 1.29 is 17.2 Å². The number of rotatable bonds is 4. The summed E-state index contributed by atoms with van der Waals surface area (Å²) in [6.45, 7) is -2.84. The summed E-state index contributed by atoms with van der Waals surface area (Å²) in [5.74, 6) is 0. The molecule has 0 unspecified atom stereocenters. The number of hydrogen-bond donors (Lipinski definition) is 2. The zero-order valence-electron chi connectivity index (χ0n) is 10.8. The summed E-state index contributed by atoms with van der Waals surface area (Å²) >= 11 is 5.84. The van der Waals surface area contributed by atoms with Crippen LogP contribution in [0.3, 0.4) is 0 Å². The Balaban J connectivity index is 1.97. The highest BCUT2D eigenvalue weighted by Gasteiger charge is 2.20. The fourth-order valence-corrected chi connectivity index (χ4v) is 3.38. The molecule has 116 valence electrons. The van der Waals surface area contributed by atoms with E-state index >= 15 is 0 Å². The summed E-state index contributed by atoms with van der Waals surface area (Å²) in [6, 6.07) is 4.71. The smallest absolute Gasteiger partial charge is 0.333 e. The van der Waals surface area contributed by atoms with Crippen molar-refractivity contribution in [3.8, 4) is 0 Å². The summed E-state index contributed by atoms with van der Waals surface area (Å²) in [4.78, 5) is 2.79. The molecule has 0 amide bonds. The molecular weight excluding hydrogens is 338 g/mol. The van der Waals surface area contributed by atoms with Crippen LogP contribution in [0.1, 0.15) is 6.55 Å². The number of aromatic amines is 1. The van der Waals surface area contributed by atoms with Gasteiger partial charge in [0.25, 0.3) is 10.0 Å². The van der Waals surface area contributed by atoms with E-state index in [2.05, 4.69) is 14.8 Å². The molecule has 10 heteroatoms. The molecule has 6 nitrogen and oxygen atoms in total.